The number of carbonyl (C=O) groups excluding carboxylic acids is 1. The van der Waals surface area contributed by atoms with Gasteiger partial charge in [-0.3, -0.25) is 10.1 Å². The molecule has 2 aromatic heterocycles. The number of hydrogen-bond acceptors (Lipinski definition) is 11. The van der Waals surface area contributed by atoms with Gasteiger partial charge < -0.3 is 19.6 Å². The molecule has 2 aliphatic rings. The molecule has 39 heavy (non-hydrogen) atoms. The average Bonchev–Trinajstić information content (AvgIpc) is 3.54. The van der Waals surface area contributed by atoms with Crippen molar-refractivity contribution in [3.8, 4) is 5.88 Å². The Morgan fingerprint density at radius 2 is 1.97 bits per heavy atom. The molecule has 1 aromatic carbocycles. The Balaban J connectivity index is 1.31. The smallest absolute Gasteiger partial charge is 0.280 e. The molecule has 1 aliphatic carbocycles. The van der Waals surface area contributed by atoms with E-state index in [9.17, 15) is 13.2 Å². The highest BCUT2D eigenvalue weighted by Crippen LogP contribution is 2.33. The second-order valence-corrected chi connectivity index (χ2v) is 12.5. The fourth-order valence-electron chi connectivity index (χ4n) is 3.96. The number of aromatic nitrogens is 2. The Morgan fingerprint density at radius 3 is 2.69 bits per heavy atom. The topological polar surface area (TPSA) is 141 Å². The van der Waals surface area contributed by atoms with Crippen LogP contribution in [-0.4, -0.2) is 74.3 Å². The maximum absolute atomic E-state index is 13.3. The molecule has 3 aromatic rings. The first kappa shape index (κ1) is 27.4. The standard InChI is InChI=1S/C26H31N5O6S2/c1-2-27-13-3-14-36-22-11-10-21-25(29-22)38-26(28-21)30-24(32)23(31-37-18-12-15-35-16-18)17-4-6-19(7-5-17)39(33,34)20-8-9-20/h4-7,10-11,18,20,27H,2-3,8-9,12-16H2,1H3,(H,28,30,32)/t18-/m1/s1. The minimum Gasteiger partial charge on any atom is -0.478 e. The van der Waals surface area contributed by atoms with Gasteiger partial charge in [0.25, 0.3) is 5.91 Å². The molecule has 1 saturated carbocycles. The number of sulfone groups is 1. The maximum Gasteiger partial charge on any atom is 0.280 e. The highest BCUT2D eigenvalue weighted by atomic mass is 32.2. The minimum atomic E-state index is -3.35. The van der Waals surface area contributed by atoms with Crippen LogP contribution in [0.15, 0.2) is 46.4 Å². The monoisotopic (exact) mass is 573 g/mol. The van der Waals surface area contributed by atoms with Gasteiger partial charge in [0.15, 0.2) is 26.8 Å². The van der Waals surface area contributed by atoms with E-state index in [0.29, 0.717) is 66.0 Å². The molecule has 1 atom stereocenters. The summed E-state index contributed by atoms with van der Waals surface area (Å²) in [4.78, 5) is 28.8. The van der Waals surface area contributed by atoms with E-state index in [1.165, 1.54) is 23.5 Å². The number of ether oxygens (including phenoxy) is 2. The van der Waals surface area contributed by atoms with E-state index >= 15 is 0 Å². The lowest BCUT2D eigenvalue weighted by molar-refractivity contribution is -0.110. The van der Waals surface area contributed by atoms with Crippen molar-refractivity contribution in [1.82, 2.24) is 15.3 Å². The summed E-state index contributed by atoms with van der Waals surface area (Å²) in [6, 6.07) is 9.70. The van der Waals surface area contributed by atoms with Gasteiger partial charge in [-0.05, 0) is 50.6 Å². The Bertz CT molecular complexity index is 1430. The molecule has 11 nitrogen and oxygen atoms in total. The Kier molecular flexibility index (Phi) is 8.70. The number of rotatable bonds is 13. The summed E-state index contributed by atoms with van der Waals surface area (Å²) in [5.41, 5.74) is 1.06. The molecular formula is C26H31N5O6S2. The minimum absolute atomic E-state index is 0.00852. The van der Waals surface area contributed by atoms with Gasteiger partial charge in [-0.25, -0.2) is 18.4 Å². The van der Waals surface area contributed by atoms with Crippen LogP contribution in [0.1, 0.15) is 38.2 Å². The molecule has 5 rings (SSSR count). The molecule has 1 amide bonds. The van der Waals surface area contributed by atoms with Crippen LogP contribution in [0.2, 0.25) is 0 Å². The first-order chi connectivity index (χ1) is 18.9. The van der Waals surface area contributed by atoms with Gasteiger partial charge in [0.1, 0.15) is 10.3 Å². The molecule has 0 unspecified atom stereocenters. The van der Waals surface area contributed by atoms with Crippen molar-refractivity contribution < 1.29 is 27.5 Å². The number of hydrogen-bond donors (Lipinski definition) is 2. The van der Waals surface area contributed by atoms with Crippen LogP contribution in [0.4, 0.5) is 5.13 Å². The Morgan fingerprint density at radius 1 is 1.15 bits per heavy atom. The number of oxime groups is 1. The molecule has 1 aliphatic heterocycles. The lowest BCUT2D eigenvalue weighted by atomic mass is 10.1. The maximum atomic E-state index is 13.3. The second kappa shape index (κ2) is 12.4. The molecule has 13 heteroatoms. The highest BCUT2D eigenvalue weighted by Gasteiger charge is 2.36. The van der Waals surface area contributed by atoms with Crippen molar-refractivity contribution in [1.29, 1.82) is 0 Å². The van der Waals surface area contributed by atoms with Gasteiger partial charge in [-0.15, -0.1) is 0 Å². The molecule has 0 bridgehead atoms. The highest BCUT2D eigenvalue weighted by molar-refractivity contribution is 7.92. The third-order valence-electron chi connectivity index (χ3n) is 6.26. The van der Waals surface area contributed by atoms with Gasteiger partial charge in [-0.2, -0.15) is 0 Å². The van der Waals surface area contributed by atoms with Crippen molar-refractivity contribution >= 4 is 48.3 Å². The molecule has 1 saturated heterocycles. The van der Waals surface area contributed by atoms with Crippen molar-refractivity contribution in [3.05, 3.63) is 42.0 Å². The number of nitrogens with zero attached hydrogens (tertiary/aromatic N) is 3. The SMILES string of the molecule is CCNCCCOc1ccc2nc(NC(=O)C(=NO[C@@H]3CCOC3)c3ccc(S(=O)(=O)C4CC4)cc3)sc2n1. The quantitative estimate of drug-likeness (QED) is 0.179. The normalized spacial score (nSPS) is 17.9. The third-order valence-corrected chi connectivity index (χ3v) is 9.42. The van der Waals surface area contributed by atoms with E-state index < -0.39 is 15.7 Å². The summed E-state index contributed by atoms with van der Waals surface area (Å²) < 4.78 is 36.2. The Labute approximate surface area is 230 Å². The summed E-state index contributed by atoms with van der Waals surface area (Å²) in [5.74, 6) is -0.0399. The predicted octanol–water partition coefficient (Wildman–Crippen LogP) is 3.15. The van der Waals surface area contributed by atoms with Crippen LogP contribution >= 0.6 is 11.3 Å². The second-order valence-electron chi connectivity index (χ2n) is 9.30. The van der Waals surface area contributed by atoms with E-state index in [0.717, 1.165) is 19.5 Å². The van der Waals surface area contributed by atoms with E-state index in [1.807, 2.05) is 0 Å². The number of carbonyl (C=O) groups is 1. The largest absolute Gasteiger partial charge is 0.478 e. The van der Waals surface area contributed by atoms with E-state index in [4.69, 9.17) is 14.3 Å². The first-order valence-electron chi connectivity index (χ1n) is 13.0. The number of thiazole rings is 1. The number of benzene rings is 1. The molecular weight excluding hydrogens is 542 g/mol. The molecule has 3 heterocycles. The summed E-state index contributed by atoms with van der Waals surface area (Å²) in [5, 5.41) is 10.2. The van der Waals surface area contributed by atoms with Crippen LogP contribution in [0.25, 0.3) is 10.3 Å². The molecule has 0 spiro atoms. The lowest BCUT2D eigenvalue weighted by Gasteiger charge is -2.10. The number of pyridine rings is 1. The fourth-order valence-corrected chi connectivity index (χ4v) is 6.44. The number of anilines is 1. The predicted molar refractivity (Wildman–Crippen MR) is 148 cm³/mol. The fraction of sp³-hybridized carbons (Fsp3) is 0.462. The summed E-state index contributed by atoms with van der Waals surface area (Å²) >= 11 is 1.22. The van der Waals surface area contributed by atoms with Crippen molar-refractivity contribution in [2.45, 2.75) is 48.9 Å². The van der Waals surface area contributed by atoms with Gasteiger partial charge >= 0.3 is 0 Å². The Hall–Kier alpha value is -3.13. The third kappa shape index (κ3) is 6.90. The van der Waals surface area contributed by atoms with Crippen LogP contribution < -0.4 is 15.4 Å². The van der Waals surface area contributed by atoms with Crippen molar-refractivity contribution in [3.63, 3.8) is 0 Å². The summed E-state index contributed by atoms with van der Waals surface area (Å²) in [6.07, 6.45) is 2.63. The van der Waals surface area contributed by atoms with Gasteiger partial charge in [0, 0.05) is 18.1 Å². The van der Waals surface area contributed by atoms with Crippen molar-refractivity contribution in [2.75, 3.05) is 38.2 Å². The van der Waals surface area contributed by atoms with Gasteiger partial charge in [0.05, 0.1) is 30.0 Å². The molecule has 208 valence electrons. The van der Waals surface area contributed by atoms with E-state index in [1.54, 1.807) is 24.3 Å². The van der Waals surface area contributed by atoms with Crippen LogP contribution in [-0.2, 0) is 24.2 Å². The van der Waals surface area contributed by atoms with Crippen LogP contribution in [0.3, 0.4) is 0 Å². The number of fused-ring (bicyclic) bond motifs is 1. The zero-order valence-electron chi connectivity index (χ0n) is 21.6. The van der Waals surface area contributed by atoms with E-state index in [-0.39, 0.29) is 22.0 Å². The molecule has 2 N–H and O–H groups in total. The van der Waals surface area contributed by atoms with E-state index in [2.05, 4.69) is 32.7 Å². The van der Waals surface area contributed by atoms with Crippen LogP contribution in [0.5, 0.6) is 5.88 Å². The van der Waals surface area contributed by atoms with Gasteiger partial charge in [0.2, 0.25) is 5.88 Å². The van der Waals surface area contributed by atoms with Gasteiger partial charge in [-0.1, -0.05) is 35.5 Å². The van der Waals surface area contributed by atoms with Crippen molar-refractivity contribution in [2.24, 2.45) is 5.16 Å². The lowest BCUT2D eigenvalue weighted by Crippen LogP contribution is -2.25. The van der Waals surface area contributed by atoms with Crippen LogP contribution in [0, 0.1) is 0 Å². The zero-order chi connectivity index (χ0) is 27.2. The number of nitrogens with one attached hydrogen (secondary N) is 2. The molecule has 0 radical (unpaired) electrons. The molecule has 2 fully saturated rings. The zero-order valence-corrected chi connectivity index (χ0v) is 23.2. The average molecular weight is 574 g/mol. The first-order valence-corrected chi connectivity index (χ1v) is 15.4. The summed E-state index contributed by atoms with van der Waals surface area (Å²) in [7, 11) is -3.35. The number of amides is 1. The summed E-state index contributed by atoms with van der Waals surface area (Å²) in [6.45, 7) is 5.34.